The maximum absolute atomic E-state index is 12.6. The lowest BCUT2D eigenvalue weighted by Gasteiger charge is -2.34. The normalized spacial score (nSPS) is 23.7. The molecule has 0 aromatic rings. The molecule has 2 heterocycles. The van der Waals surface area contributed by atoms with E-state index in [4.69, 9.17) is 12.2 Å². The molecule has 98 valence electrons. The number of alkyl halides is 3. The van der Waals surface area contributed by atoms with E-state index in [0.717, 1.165) is 43.2 Å². The molecule has 0 atom stereocenters. The number of allylic oxidation sites excluding steroid dienone is 1. The van der Waals surface area contributed by atoms with Gasteiger partial charge in [0.25, 0.3) is 0 Å². The summed E-state index contributed by atoms with van der Waals surface area (Å²) in [5, 5.41) is 4.39. The maximum Gasteiger partial charge on any atom is 0.500 e. The zero-order valence-electron chi connectivity index (χ0n) is 9.34. The lowest BCUT2D eigenvalue weighted by molar-refractivity contribution is -0.249. The van der Waals surface area contributed by atoms with Gasteiger partial charge in [-0.05, 0) is 25.7 Å². The molecule has 3 aliphatic rings. The third kappa shape index (κ3) is 1.76. The van der Waals surface area contributed by atoms with Crippen molar-refractivity contribution in [3.05, 3.63) is 23.3 Å². The van der Waals surface area contributed by atoms with E-state index in [-0.39, 0.29) is 5.01 Å². The van der Waals surface area contributed by atoms with Gasteiger partial charge in [-0.3, -0.25) is 0 Å². The predicted octanol–water partition coefficient (Wildman–Crippen LogP) is 2.10. The van der Waals surface area contributed by atoms with Crippen LogP contribution < -0.4 is 10.9 Å². The van der Waals surface area contributed by atoms with Crippen molar-refractivity contribution in [1.29, 1.82) is 0 Å². The number of thiocarbonyl (C=S) groups is 1. The average Bonchev–Trinajstić information content (AvgIpc) is 2.73. The second kappa shape index (κ2) is 3.86. The molecule has 2 N–H and O–H groups in total. The van der Waals surface area contributed by atoms with Crippen LogP contribution in [0.5, 0.6) is 0 Å². The number of nitrogens with zero attached hydrogens (tertiary/aromatic N) is 2. The first-order chi connectivity index (χ1) is 8.47. The minimum absolute atomic E-state index is 0.0973. The van der Waals surface area contributed by atoms with E-state index in [1.165, 1.54) is 5.01 Å². The summed E-state index contributed by atoms with van der Waals surface area (Å²) in [5.41, 5.74) is 4.13. The van der Waals surface area contributed by atoms with Gasteiger partial charge >= 0.3 is 6.30 Å². The smallest absolute Gasteiger partial charge is 0.342 e. The highest BCUT2D eigenvalue weighted by Crippen LogP contribution is 2.33. The first kappa shape index (κ1) is 11.8. The fourth-order valence-electron chi connectivity index (χ4n) is 2.31. The van der Waals surface area contributed by atoms with Crippen LogP contribution in [-0.2, 0) is 0 Å². The number of rotatable bonds is 0. The van der Waals surface area contributed by atoms with Crippen molar-refractivity contribution in [3.63, 3.8) is 0 Å². The van der Waals surface area contributed by atoms with Crippen molar-refractivity contribution < 1.29 is 13.2 Å². The van der Waals surface area contributed by atoms with Gasteiger partial charge in [-0.25, -0.2) is 10.0 Å². The van der Waals surface area contributed by atoms with Crippen LogP contribution in [0.1, 0.15) is 25.7 Å². The molecule has 0 bridgehead atoms. The predicted molar refractivity (Wildman–Crippen MR) is 62.2 cm³/mol. The lowest BCUT2D eigenvalue weighted by atomic mass is 9.94. The lowest BCUT2D eigenvalue weighted by Crippen LogP contribution is -2.52. The van der Waals surface area contributed by atoms with Gasteiger partial charge in [-0.15, -0.1) is 18.7 Å². The van der Waals surface area contributed by atoms with Crippen molar-refractivity contribution in [2.24, 2.45) is 0 Å². The second-order valence-electron chi connectivity index (χ2n) is 4.38. The molecule has 0 saturated heterocycles. The first-order valence-electron chi connectivity index (χ1n) is 5.64. The van der Waals surface area contributed by atoms with Crippen molar-refractivity contribution in [1.82, 2.24) is 20.9 Å². The standard InChI is InChI=1S/C10H11F3N4S/c11-10(12,13)16-5-8-14-7-4-2-1-3-6(7)9(18)17(8)15-16/h5,14-15H,1-4H2. The van der Waals surface area contributed by atoms with Gasteiger partial charge in [0, 0.05) is 11.3 Å². The summed E-state index contributed by atoms with van der Waals surface area (Å²) in [6.45, 7) is 0. The van der Waals surface area contributed by atoms with E-state index >= 15 is 0 Å². The molecule has 0 spiro atoms. The molecule has 8 heteroatoms. The molecule has 0 amide bonds. The Labute approximate surface area is 107 Å². The highest BCUT2D eigenvalue weighted by molar-refractivity contribution is 7.80. The molecule has 0 radical (unpaired) electrons. The Morgan fingerprint density at radius 1 is 1.22 bits per heavy atom. The highest BCUT2D eigenvalue weighted by Gasteiger charge is 2.43. The number of halogens is 3. The number of hydrazine groups is 2. The molecule has 0 saturated carbocycles. The minimum atomic E-state index is -4.47. The topological polar surface area (TPSA) is 30.5 Å². The molecular formula is C10H11F3N4S. The summed E-state index contributed by atoms with van der Waals surface area (Å²) in [7, 11) is 0. The Morgan fingerprint density at radius 3 is 2.67 bits per heavy atom. The Balaban J connectivity index is 1.90. The second-order valence-corrected chi connectivity index (χ2v) is 4.77. The largest absolute Gasteiger partial charge is 0.500 e. The van der Waals surface area contributed by atoms with Crippen LogP contribution in [0.25, 0.3) is 0 Å². The molecule has 3 rings (SSSR count). The third-order valence-corrected chi connectivity index (χ3v) is 3.61. The van der Waals surface area contributed by atoms with E-state index in [9.17, 15) is 13.2 Å². The summed E-state index contributed by atoms with van der Waals surface area (Å²) in [4.78, 5) is 0.432. The zero-order chi connectivity index (χ0) is 12.9. The number of nitrogens with one attached hydrogen (secondary N) is 2. The van der Waals surface area contributed by atoms with Crippen molar-refractivity contribution in [2.75, 3.05) is 0 Å². The molecule has 0 fully saturated rings. The fraction of sp³-hybridized carbons (Fsp3) is 0.500. The van der Waals surface area contributed by atoms with Crippen LogP contribution in [-0.4, -0.2) is 21.3 Å². The van der Waals surface area contributed by atoms with Gasteiger partial charge in [-0.2, -0.15) is 0 Å². The molecule has 2 aliphatic heterocycles. The molecule has 4 nitrogen and oxygen atoms in total. The molecule has 18 heavy (non-hydrogen) atoms. The van der Waals surface area contributed by atoms with Crippen molar-refractivity contribution >= 4 is 17.2 Å². The first-order valence-corrected chi connectivity index (χ1v) is 6.05. The van der Waals surface area contributed by atoms with Crippen LogP contribution in [0, 0.1) is 0 Å². The highest BCUT2D eigenvalue weighted by atomic mass is 32.1. The van der Waals surface area contributed by atoms with Gasteiger partial charge in [0.1, 0.15) is 10.8 Å². The van der Waals surface area contributed by atoms with E-state index in [0.29, 0.717) is 10.8 Å². The van der Waals surface area contributed by atoms with E-state index < -0.39 is 6.30 Å². The van der Waals surface area contributed by atoms with Crippen LogP contribution in [0.3, 0.4) is 0 Å². The van der Waals surface area contributed by atoms with Crippen LogP contribution in [0.4, 0.5) is 13.2 Å². The van der Waals surface area contributed by atoms with Gasteiger partial charge in [0.15, 0.2) is 0 Å². The minimum Gasteiger partial charge on any atom is -0.342 e. The zero-order valence-corrected chi connectivity index (χ0v) is 10.2. The Morgan fingerprint density at radius 2 is 1.94 bits per heavy atom. The van der Waals surface area contributed by atoms with E-state index in [1.54, 1.807) is 0 Å². The van der Waals surface area contributed by atoms with Crippen molar-refractivity contribution in [3.8, 4) is 0 Å². The van der Waals surface area contributed by atoms with Crippen molar-refractivity contribution in [2.45, 2.75) is 32.0 Å². The SMILES string of the molecule is FC(F)(F)N1C=C2NC3=C(CCCC3)C(=S)N2N1. The summed E-state index contributed by atoms with van der Waals surface area (Å²) >= 11 is 5.25. The third-order valence-electron chi connectivity index (χ3n) is 3.18. The van der Waals surface area contributed by atoms with E-state index in [1.807, 2.05) is 0 Å². The summed E-state index contributed by atoms with van der Waals surface area (Å²) < 4.78 is 37.8. The Bertz CT molecular complexity index is 468. The van der Waals surface area contributed by atoms with Crippen LogP contribution in [0.2, 0.25) is 0 Å². The number of hydrogen-bond donors (Lipinski definition) is 2. The fourth-order valence-corrected chi connectivity index (χ4v) is 2.68. The monoisotopic (exact) mass is 276 g/mol. The van der Waals surface area contributed by atoms with Crippen LogP contribution >= 0.6 is 12.2 Å². The molecular weight excluding hydrogens is 265 g/mol. The van der Waals surface area contributed by atoms with Gasteiger partial charge in [0.05, 0.1) is 6.20 Å². The van der Waals surface area contributed by atoms with Gasteiger partial charge in [-0.1, -0.05) is 12.2 Å². The number of fused-ring (bicyclic) bond motifs is 1. The molecule has 0 aromatic carbocycles. The number of hydrogen-bond acceptors (Lipinski definition) is 4. The average molecular weight is 276 g/mol. The maximum atomic E-state index is 12.6. The molecule has 0 aromatic heterocycles. The molecule has 1 aliphatic carbocycles. The Kier molecular flexibility index (Phi) is 2.53. The quantitative estimate of drug-likeness (QED) is 0.522. The van der Waals surface area contributed by atoms with Gasteiger partial charge in [0.2, 0.25) is 0 Å². The van der Waals surface area contributed by atoms with Gasteiger partial charge < -0.3 is 5.32 Å². The van der Waals surface area contributed by atoms with E-state index in [2.05, 4.69) is 10.9 Å². The summed E-state index contributed by atoms with van der Waals surface area (Å²) in [5.74, 6) is 0.331. The summed E-state index contributed by atoms with van der Waals surface area (Å²) in [6.07, 6.45) is 0.229. The Hall–Kier alpha value is -1.28. The molecule has 0 unspecified atom stereocenters. The van der Waals surface area contributed by atoms with Crippen LogP contribution in [0.15, 0.2) is 23.3 Å². The summed E-state index contributed by atoms with van der Waals surface area (Å²) in [6, 6.07) is 0.